The lowest BCUT2D eigenvalue weighted by atomic mass is 10.1. The highest BCUT2D eigenvalue weighted by Gasteiger charge is 2.09. The second kappa shape index (κ2) is 4.38. The summed E-state index contributed by atoms with van der Waals surface area (Å²) in [5.41, 5.74) is 6.48. The Morgan fingerprint density at radius 2 is 2.31 bits per heavy atom. The summed E-state index contributed by atoms with van der Waals surface area (Å²) in [5.74, 6) is 0. The van der Waals surface area contributed by atoms with E-state index in [1.54, 1.807) is 18.2 Å². The van der Waals surface area contributed by atoms with Crippen LogP contribution in [-0.4, -0.2) is 11.7 Å². The van der Waals surface area contributed by atoms with Gasteiger partial charge in [0, 0.05) is 11.0 Å². The summed E-state index contributed by atoms with van der Waals surface area (Å²) in [5, 5.41) is 18.1. The Kier molecular flexibility index (Phi) is 3.43. The average Bonchev–Trinajstić information content (AvgIpc) is 2.17. The maximum Gasteiger partial charge on any atom is 0.0991 e. The topological polar surface area (TPSA) is 70.0 Å². The minimum absolute atomic E-state index is 0.146. The predicted molar refractivity (Wildman–Crippen MR) is 52.9 cm³/mol. The van der Waals surface area contributed by atoms with Crippen molar-refractivity contribution in [1.82, 2.24) is 0 Å². The van der Waals surface area contributed by atoms with Gasteiger partial charge in [0.25, 0.3) is 0 Å². The highest BCUT2D eigenvalue weighted by molar-refractivity contribution is 9.10. The number of nitrogens with zero attached hydrogens (tertiary/aromatic N) is 1. The van der Waals surface area contributed by atoms with Gasteiger partial charge < -0.3 is 10.8 Å². The number of nitriles is 1. The van der Waals surface area contributed by atoms with Crippen molar-refractivity contribution in [2.45, 2.75) is 6.10 Å². The van der Waals surface area contributed by atoms with Crippen LogP contribution in [0.1, 0.15) is 17.2 Å². The summed E-state index contributed by atoms with van der Waals surface area (Å²) in [4.78, 5) is 0. The molecular formula is C9H9BrN2O. The second-order valence-corrected chi connectivity index (χ2v) is 3.45. The zero-order valence-electron chi connectivity index (χ0n) is 6.87. The van der Waals surface area contributed by atoms with Crippen molar-refractivity contribution in [3.63, 3.8) is 0 Å². The Labute approximate surface area is 84.9 Å². The summed E-state index contributed by atoms with van der Waals surface area (Å²) in [6.45, 7) is 0.146. The van der Waals surface area contributed by atoms with E-state index in [4.69, 9.17) is 11.0 Å². The number of rotatable bonds is 2. The lowest BCUT2D eigenvalue weighted by Crippen LogP contribution is -2.12. The van der Waals surface area contributed by atoms with Gasteiger partial charge in [0.15, 0.2) is 0 Å². The van der Waals surface area contributed by atoms with Crippen LogP contribution in [0.4, 0.5) is 0 Å². The van der Waals surface area contributed by atoms with Crippen LogP contribution in [0.15, 0.2) is 22.7 Å². The predicted octanol–water partition coefficient (Wildman–Crippen LogP) is 1.31. The molecule has 0 radical (unpaired) electrons. The highest BCUT2D eigenvalue weighted by Crippen LogP contribution is 2.23. The fourth-order valence-electron chi connectivity index (χ4n) is 0.996. The molecule has 13 heavy (non-hydrogen) atoms. The molecular weight excluding hydrogens is 232 g/mol. The molecule has 68 valence electrons. The van der Waals surface area contributed by atoms with Gasteiger partial charge in [0.05, 0.1) is 17.7 Å². The van der Waals surface area contributed by atoms with Gasteiger partial charge in [0.1, 0.15) is 0 Å². The van der Waals surface area contributed by atoms with Gasteiger partial charge >= 0.3 is 0 Å². The smallest absolute Gasteiger partial charge is 0.0991 e. The fourth-order valence-corrected chi connectivity index (χ4v) is 1.51. The number of hydrogen-bond donors (Lipinski definition) is 2. The van der Waals surface area contributed by atoms with Crippen LogP contribution in [0.3, 0.4) is 0 Å². The first-order chi connectivity index (χ1) is 6.19. The van der Waals surface area contributed by atoms with Gasteiger partial charge in [-0.25, -0.2) is 0 Å². The summed E-state index contributed by atoms with van der Waals surface area (Å²) < 4.78 is 0.768. The summed E-state index contributed by atoms with van der Waals surface area (Å²) in [6, 6.07) is 7.03. The summed E-state index contributed by atoms with van der Waals surface area (Å²) in [6.07, 6.45) is -0.720. The summed E-state index contributed by atoms with van der Waals surface area (Å²) >= 11 is 3.28. The van der Waals surface area contributed by atoms with Crippen molar-refractivity contribution in [2.24, 2.45) is 5.73 Å². The van der Waals surface area contributed by atoms with E-state index in [2.05, 4.69) is 15.9 Å². The molecule has 0 spiro atoms. The molecule has 0 aliphatic carbocycles. The van der Waals surface area contributed by atoms with E-state index in [0.29, 0.717) is 11.1 Å². The normalized spacial score (nSPS) is 12.2. The second-order valence-electron chi connectivity index (χ2n) is 2.60. The monoisotopic (exact) mass is 240 g/mol. The first-order valence-corrected chi connectivity index (χ1v) is 4.56. The largest absolute Gasteiger partial charge is 0.387 e. The zero-order valence-corrected chi connectivity index (χ0v) is 8.45. The minimum Gasteiger partial charge on any atom is -0.387 e. The maximum absolute atomic E-state index is 9.47. The molecule has 4 heteroatoms. The van der Waals surface area contributed by atoms with Crippen LogP contribution in [0.2, 0.25) is 0 Å². The van der Waals surface area contributed by atoms with E-state index in [9.17, 15) is 5.11 Å². The molecule has 0 saturated heterocycles. The number of halogens is 1. The molecule has 0 saturated carbocycles. The van der Waals surface area contributed by atoms with E-state index in [-0.39, 0.29) is 6.54 Å². The standard InChI is InChI=1S/C9H9BrN2O/c10-8-2-1-6(4-11)3-7(8)9(13)5-12/h1-3,9,13H,5,12H2/t9-/m1/s1. The van der Waals surface area contributed by atoms with E-state index in [1.807, 2.05) is 6.07 Å². The van der Waals surface area contributed by atoms with Crippen molar-refractivity contribution in [3.05, 3.63) is 33.8 Å². The molecule has 1 aromatic carbocycles. The number of hydrogen-bond acceptors (Lipinski definition) is 3. The van der Waals surface area contributed by atoms with Crippen molar-refractivity contribution in [2.75, 3.05) is 6.54 Å². The minimum atomic E-state index is -0.720. The maximum atomic E-state index is 9.47. The van der Waals surface area contributed by atoms with Crippen LogP contribution in [0, 0.1) is 11.3 Å². The van der Waals surface area contributed by atoms with Gasteiger partial charge in [-0.2, -0.15) is 5.26 Å². The van der Waals surface area contributed by atoms with Gasteiger partial charge in [-0.3, -0.25) is 0 Å². The third-order valence-corrected chi connectivity index (χ3v) is 2.43. The average molecular weight is 241 g/mol. The molecule has 0 amide bonds. The molecule has 3 nitrogen and oxygen atoms in total. The van der Waals surface area contributed by atoms with Crippen molar-refractivity contribution in [1.29, 1.82) is 5.26 Å². The molecule has 1 rings (SSSR count). The molecule has 0 fully saturated rings. The number of nitrogens with two attached hydrogens (primary N) is 1. The Balaban J connectivity index is 3.12. The number of benzene rings is 1. The molecule has 3 N–H and O–H groups in total. The molecule has 1 atom stereocenters. The molecule has 0 heterocycles. The summed E-state index contributed by atoms with van der Waals surface area (Å²) in [7, 11) is 0. The van der Waals surface area contributed by atoms with E-state index >= 15 is 0 Å². The van der Waals surface area contributed by atoms with Crippen LogP contribution >= 0.6 is 15.9 Å². The molecule has 0 unspecified atom stereocenters. The SMILES string of the molecule is N#Cc1ccc(Br)c([C@H](O)CN)c1. The molecule has 0 aliphatic heterocycles. The van der Waals surface area contributed by atoms with E-state index in [0.717, 1.165) is 4.47 Å². The number of aliphatic hydroxyl groups excluding tert-OH is 1. The Bertz CT molecular complexity index is 346. The number of aliphatic hydroxyl groups is 1. The van der Waals surface area contributed by atoms with Crippen LogP contribution in [0.25, 0.3) is 0 Å². The van der Waals surface area contributed by atoms with Crippen LogP contribution < -0.4 is 5.73 Å². The molecule has 0 aliphatic rings. The van der Waals surface area contributed by atoms with E-state index in [1.165, 1.54) is 0 Å². The quantitative estimate of drug-likeness (QED) is 0.820. The van der Waals surface area contributed by atoms with Gasteiger partial charge in [-0.1, -0.05) is 15.9 Å². The lowest BCUT2D eigenvalue weighted by Gasteiger charge is -2.10. The first kappa shape index (κ1) is 10.2. The van der Waals surface area contributed by atoms with Gasteiger partial charge in [-0.05, 0) is 23.8 Å². The van der Waals surface area contributed by atoms with Crippen LogP contribution in [0.5, 0.6) is 0 Å². The molecule has 1 aromatic rings. The van der Waals surface area contributed by atoms with Crippen molar-refractivity contribution in [3.8, 4) is 6.07 Å². The third kappa shape index (κ3) is 2.28. The third-order valence-electron chi connectivity index (χ3n) is 1.71. The van der Waals surface area contributed by atoms with Gasteiger partial charge in [0.2, 0.25) is 0 Å². The Hall–Kier alpha value is -0.890. The molecule has 0 bridgehead atoms. The van der Waals surface area contributed by atoms with Gasteiger partial charge in [-0.15, -0.1) is 0 Å². The Morgan fingerprint density at radius 1 is 1.62 bits per heavy atom. The van der Waals surface area contributed by atoms with E-state index < -0.39 is 6.10 Å². The Morgan fingerprint density at radius 3 is 2.85 bits per heavy atom. The van der Waals surface area contributed by atoms with Crippen LogP contribution in [-0.2, 0) is 0 Å². The lowest BCUT2D eigenvalue weighted by molar-refractivity contribution is 0.186. The highest BCUT2D eigenvalue weighted by atomic mass is 79.9. The fraction of sp³-hybridized carbons (Fsp3) is 0.222. The van der Waals surface area contributed by atoms with Crippen molar-refractivity contribution >= 4 is 15.9 Å². The molecule has 0 aromatic heterocycles. The zero-order chi connectivity index (χ0) is 9.84. The van der Waals surface area contributed by atoms with Crippen molar-refractivity contribution < 1.29 is 5.11 Å². The first-order valence-electron chi connectivity index (χ1n) is 3.76.